The number of aromatic nitrogens is 1. The van der Waals surface area contributed by atoms with Crippen molar-refractivity contribution in [2.75, 3.05) is 25.0 Å². The first-order valence-corrected chi connectivity index (χ1v) is 9.50. The first-order valence-electron chi connectivity index (χ1n) is 9.12. The van der Waals surface area contributed by atoms with Crippen molar-refractivity contribution in [3.63, 3.8) is 0 Å². The zero-order valence-electron chi connectivity index (χ0n) is 14.2. The van der Waals surface area contributed by atoms with E-state index in [2.05, 4.69) is 10.3 Å². The van der Waals surface area contributed by atoms with Gasteiger partial charge in [0.1, 0.15) is 5.82 Å². The fraction of sp³-hybridized carbons (Fsp3) is 0.611. The highest BCUT2D eigenvalue weighted by atomic mass is 35.5. The van der Waals surface area contributed by atoms with Crippen molar-refractivity contribution in [2.24, 2.45) is 0 Å². The number of likely N-dealkylation sites (tertiary alicyclic amines) is 2. The molecule has 4 rings (SSSR count). The average Bonchev–Trinajstić information content (AvgIpc) is 3.40. The smallest absolute Gasteiger partial charge is 0.255 e. The molecule has 25 heavy (non-hydrogen) atoms. The van der Waals surface area contributed by atoms with Crippen LogP contribution < -0.4 is 5.32 Å². The molecule has 0 spiro atoms. The Hall–Kier alpha value is -1.82. The van der Waals surface area contributed by atoms with E-state index in [1.165, 1.54) is 6.42 Å². The summed E-state index contributed by atoms with van der Waals surface area (Å²) in [5.41, 5.74) is 0.527. The van der Waals surface area contributed by atoms with Crippen molar-refractivity contribution in [1.82, 2.24) is 14.8 Å². The number of halogens is 1. The number of hydrogen-bond acceptors (Lipinski definition) is 4. The van der Waals surface area contributed by atoms with E-state index in [-0.39, 0.29) is 17.9 Å². The van der Waals surface area contributed by atoms with E-state index in [0.717, 1.165) is 38.8 Å². The maximum absolute atomic E-state index is 12.5. The number of amides is 2. The van der Waals surface area contributed by atoms with Gasteiger partial charge >= 0.3 is 0 Å². The number of carbonyl (C=O) groups is 2. The maximum atomic E-state index is 12.5. The van der Waals surface area contributed by atoms with Crippen LogP contribution in [0.4, 0.5) is 5.82 Å². The van der Waals surface area contributed by atoms with Crippen LogP contribution in [0.15, 0.2) is 12.3 Å². The molecule has 0 radical (unpaired) electrons. The Kier molecular flexibility index (Phi) is 4.54. The Morgan fingerprint density at radius 3 is 2.68 bits per heavy atom. The minimum Gasteiger partial charge on any atom is -0.364 e. The number of carbonyl (C=O) groups excluding carboxylic acids is 2. The summed E-state index contributed by atoms with van der Waals surface area (Å²) in [5, 5.41) is 3.70. The van der Waals surface area contributed by atoms with E-state index >= 15 is 0 Å². The summed E-state index contributed by atoms with van der Waals surface area (Å²) in [6.07, 6.45) is 7.59. The zero-order chi connectivity index (χ0) is 17.4. The standard InChI is InChI=1S/C18H23ClN4O2/c19-15-8-12(18(25)22-6-2-1-3-7-22)10-20-17(15)21-13-9-16(24)23(11-13)14-4-5-14/h8,10,13-14H,1-7,9,11H2,(H,20,21). The topological polar surface area (TPSA) is 65.5 Å². The molecule has 3 heterocycles. The SMILES string of the molecule is O=C(c1cnc(NC2CC(=O)N(C3CC3)C2)c(Cl)c1)N1CCCCC1. The summed E-state index contributed by atoms with van der Waals surface area (Å²) >= 11 is 6.34. The largest absolute Gasteiger partial charge is 0.364 e. The molecule has 3 aliphatic rings. The van der Waals surface area contributed by atoms with Crippen LogP contribution in [0.5, 0.6) is 0 Å². The molecule has 1 aromatic heterocycles. The molecule has 1 aliphatic carbocycles. The molecule has 1 unspecified atom stereocenters. The van der Waals surface area contributed by atoms with E-state index < -0.39 is 0 Å². The van der Waals surface area contributed by atoms with E-state index in [1.54, 1.807) is 12.3 Å². The van der Waals surface area contributed by atoms with Gasteiger partial charge in [0.15, 0.2) is 0 Å². The lowest BCUT2D eigenvalue weighted by Gasteiger charge is -2.26. The second-order valence-corrected chi connectivity index (χ2v) is 7.64. The van der Waals surface area contributed by atoms with Crippen LogP contribution in [0.3, 0.4) is 0 Å². The number of pyridine rings is 1. The molecule has 1 atom stereocenters. The van der Waals surface area contributed by atoms with Crippen LogP contribution in [-0.2, 0) is 4.79 Å². The minimum absolute atomic E-state index is 0.00315. The molecule has 2 aliphatic heterocycles. The third kappa shape index (κ3) is 3.59. The van der Waals surface area contributed by atoms with Crippen LogP contribution in [0.1, 0.15) is 48.9 Å². The highest BCUT2D eigenvalue weighted by Gasteiger charge is 2.39. The maximum Gasteiger partial charge on any atom is 0.255 e. The van der Waals surface area contributed by atoms with Crippen molar-refractivity contribution in [1.29, 1.82) is 0 Å². The van der Waals surface area contributed by atoms with Crippen molar-refractivity contribution in [3.8, 4) is 0 Å². The number of nitrogens with zero attached hydrogens (tertiary/aromatic N) is 3. The van der Waals surface area contributed by atoms with Gasteiger partial charge < -0.3 is 15.1 Å². The van der Waals surface area contributed by atoms with E-state index in [4.69, 9.17) is 11.6 Å². The van der Waals surface area contributed by atoms with Crippen molar-refractivity contribution >= 4 is 29.2 Å². The summed E-state index contributed by atoms with van der Waals surface area (Å²) in [6, 6.07) is 2.15. The summed E-state index contributed by atoms with van der Waals surface area (Å²) in [5.74, 6) is 0.747. The number of nitrogens with one attached hydrogen (secondary N) is 1. The van der Waals surface area contributed by atoms with Crippen LogP contribution in [0.2, 0.25) is 5.02 Å². The van der Waals surface area contributed by atoms with Gasteiger partial charge in [-0.1, -0.05) is 11.6 Å². The van der Waals surface area contributed by atoms with Crippen LogP contribution in [0, 0.1) is 0 Å². The summed E-state index contributed by atoms with van der Waals surface area (Å²) in [6.45, 7) is 2.31. The molecule has 1 saturated carbocycles. The highest BCUT2D eigenvalue weighted by molar-refractivity contribution is 6.33. The molecule has 0 aromatic carbocycles. The van der Waals surface area contributed by atoms with Gasteiger partial charge in [0.05, 0.1) is 16.6 Å². The van der Waals surface area contributed by atoms with Crippen molar-refractivity contribution < 1.29 is 9.59 Å². The lowest BCUT2D eigenvalue weighted by Crippen LogP contribution is -2.35. The summed E-state index contributed by atoms with van der Waals surface area (Å²) in [7, 11) is 0. The summed E-state index contributed by atoms with van der Waals surface area (Å²) < 4.78 is 0. The lowest BCUT2D eigenvalue weighted by molar-refractivity contribution is -0.128. The molecule has 2 amide bonds. The summed E-state index contributed by atoms with van der Waals surface area (Å²) in [4.78, 5) is 32.7. The van der Waals surface area contributed by atoms with Gasteiger partial charge in [-0.2, -0.15) is 0 Å². The Labute approximate surface area is 152 Å². The van der Waals surface area contributed by atoms with Gasteiger partial charge in [0, 0.05) is 38.3 Å². The number of anilines is 1. The van der Waals surface area contributed by atoms with Gasteiger partial charge in [-0.25, -0.2) is 4.98 Å². The Balaban J connectivity index is 1.41. The van der Waals surface area contributed by atoms with Gasteiger partial charge in [-0.15, -0.1) is 0 Å². The normalized spacial score (nSPS) is 23.9. The molecule has 134 valence electrons. The van der Waals surface area contributed by atoms with Gasteiger partial charge in [-0.3, -0.25) is 9.59 Å². The minimum atomic E-state index is -0.00315. The highest BCUT2D eigenvalue weighted by Crippen LogP contribution is 2.32. The van der Waals surface area contributed by atoms with Gasteiger partial charge in [0.2, 0.25) is 5.91 Å². The van der Waals surface area contributed by atoms with Gasteiger partial charge in [-0.05, 0) is 38.2 Å². The number of piperidine rings is 1. The second kappa shape index (κ2) is 6.83. The molecule has 2 saturated heterocycles. The van der Waals surface area contributed by atoms with E-state index in [1.807, 2.05) is 9.80 Å². The third-order valence-electron chi connectivity index (χ3n) is 5.22. The second-order valence-electron chi connectivity index (χ2n) is 7.23. The molecular weight excluding hydrogens is 340 g/mol. The number of hydrogen-bond donors (Lipinski definition) is 1. The fourth-order valence-corrected chi connectivity index (χ4v) is 3.92. The van der Waals surface area contributed by atoms with E-state index in [0.29, 0.717) is 35.4 Å². The van der Waals surface area contributed by atoms with E-state index in [9.17, 15) is 9.59 Å². The first kappa shape index (κ1) is 16.6. The molecule has 7 heteroatoms. The average molecular weight is 363 g/mol. The lowest BCUT2D eigenvalue weighted by atomic mass is 10.1. The molecule has 1 aromatic rings. The Bertz CT molecular complexity index is 686. The molecule has 3 fully saturated rings. The first-order chi connectivity index (χ1) is 12.1. The molecular formula is C18H23ClN4O2. The monoisotopic (exact) mass is 362 g/mol. The van der Waals surface area contributed by atoms with Crippen LogP contribution >= 0.6 is 11.6 Å². The van der Waals surface area contributed by atoms with Crippen molar-refractivity contribution in [3.05, 3.63) is 22.8 Å². The Morgan fingerprint density at radius 2 is 2.00 bits per heavy atom. The Morgan fingerprint density at radius 1 is 1.24 bits per heavy atom. The quantitative estimate of drug-likeness (QED) is 0.893. The molecule has 0 bridgehead atoms. The van der Waals surface area contributed by atoms with Crippen LogP contribution in [-0.4, -0.2) is 58.3 Å². The van der Waals surface area contributed by atoms with Gasteiger partial charge in [0.25, 0.3) is 5.91 Å². The predicted molar refractivity (Wildman–Crippen MR) is 95.8 cm³/mol. The van der Waals surface area contributed by atoms with Crippen LogP contribution in [0.25, 0.3) is 0 Å². The molecule has 6 nitrogen and oxygen atoms in total. The zero-order valence-corrected chi connectivity index (χ0v) is 15.0. The third-order valence-corrected chi connectivity index (χ3v) is 5.51. The van der Waals surface area contributed by atoms with Crippen molar-refractivity contribution in [2.45, 2.75) is 50.6 Å². The predicted octanol–water partition coefficient (Wildman–Crippen LogP) is 2.54. The number of rotatable bonds is 4. The molecule has 1 N–H and O–H groups in total. The fourth-order valence-electron chi connectivity index (χ4n) is 3.70.